The standard InChI is InChI=1S/C22H33N3O4/c1-15(2)19(25-22(28)24-18-13-9-6-10-14-18)21(27)29-16(3)20(26)23-17-11-7-4-5-8-12-17/h6,9-10,13-17,19H,4-5,7-8,11-12H2,1-3H3,(H,23,26)(H2,24,25,28)/t16-,19-/m1/s1. The Hall–Kier alpha value is -2.57. The van der Waals surface area contributed by atoms with E-state index >= 15 is 0 Å². The molecule has 0 radical (unpaired) electrons. The number of rotatable bonds is 7. The smallest absolute Gasteiger partial charge is 0.329 e. The lowest BCUT2D eigenvalue weighted by atomic mass is 10.0. The number of hydrogen-bond donors (Lipinski definition) is 3. The van der Waals surface area contributed by atoms with Crippen molar-refractivity contribution in [1.82, 2.24) is 10.6 Å². The Labute approximate surface area is 173 Å². The molecule has 1 fully saturated rings. The van der Waals surface area contributed by atoms with Gasteiger partial charge in [-0.05, 0) is 37.8 Å². The maximum atomic E-state index is 12.6. The van der Waals surface area contributed by atoms with Crippen molar-refractivity contribution >= 4 is 23.6 Å². The van der Waals surface area contributed by atoms with E-state index in [9.17, 15) is 14.4 Å². The van der Waals surface area contributed by atoms with Crippen molar-refractivity contribution in [2.45, 2.75) is 77.5 Å². The predicted molar refractivity (Wildman–Crippen MR) is 112 cm³/mol. The van der Waals surface area contributed by atoms with E-state index in [0.29, 0.717) is 5.69 Å². The zero-order chi connectivity index (χ0) is 21.2. The molecule has 0 bridgehead atoms. The Kier molecular flexibility index (Phi) is 8.96. The Bertz CT molecular complexity index is 670. The van der Waals surface area contributed by atoms with Crippen molar-refractivity contribution < 1.29 is 19.1 Å². The Morgan fingerprint density at radius 2 is 1.59 bits per heavy atom. The van der Waals surface area contributed by atoms with Crippen LogP contribution in [-0.2, 0) is 14.3 Å². The van der Waals surface area contributed by atoms with Crippen LogP contribution in [0.4, 0.5) is 10.5 Å². The molecule has 160 valence electrons. The summed E-state index contributed by atoms with van der Waals surface area (Å²) in [6.07, 6.45) is 5.62. The number of benzene rings is 1. The molecule has 0 heterocycles. The van der Waals surface area contributed by atoms with E-state index < -0.39 is 24.1 Å². The number of ether oxygens (including phenoxy) is 1. The second kappa shape index (κ2) is 11.4. The van der Waals surface area contributed by atoms with Gasteiger partial charge in [-0.3, -0.25) is 4.79 Å². The van der Waals surface area contributed by atoms with Crippen molar-refractivity contribution in [3.05, 3.63) is 30.3 Å². The zero-order valence-corrected chi connectivity index (χ0v) is 17.6. The van der Waals surface area contributed by atoms with Crippen molar-refractivity contribution in [1.29, 1.82) is 0 Å². The van der Waals surface area contributed by atoms with Crippen LogP contribution in [0.1, 0.15) is 59.3 Å². The van der Waals surface area contributed by atoms with Gasteiger partial charge in [0, 0.05) is 11.7 Å². The lowest BCUT2D eigenvalue weighted by Gasteiger charge is -2.24. The zero-order valence-electron chi connectivity index (χ0n) is 17.6. The van der Waals surface area contributed by atoms with Gasteiger partial charge in [0.15, 0.2) is 6.10 Å². The molecule has 7 nitrogen and oxygen atoms in total. The average molecular weight is 404 g/mol. The third kappa shape index (κ3) is 7.75. The van der Waals surface area contributed by atoms with Gasteiger partial charge in [-0.25, -0.2) is 9.59 Å². The summed E-state index contributed by atoms with van der Waals surface area (Å²) in [4.78, 5) is 37.3. The van der Waals surface area contributed by atoms with Gasteiger partial charge in [0.1, 0.15) is 6.04 Å². The van der Waals surface area contributed by atoms with Crippen LogP contribution in [0.15, 0.2) is 30.3 Å². The first-order chi connectivity index (χ1) is 13.9. The van der Waals surface area contributed by atoms with Gasteiger partial charge < -0.3 is 20.7 Å². The van der Waals surface area contributed by atoms with Crippen molar-refractivity contribution in [2.75, 3.05) is 5.32 Å². The molecule has 0 spiro atoms. The third-order valence-corrected chi connectivity index (χ3v) is 5.10. The summed E-state index contributed by atoms with van der Waals surface area (Å²) in [5.74, 6) is -1.10. The minimum Gasteiger partial charge on any atom is -0.451 e. The van der Waals surface area contributed by atoms with E-state index in [1.54, 1.807) is 31.2 Å². The van der Waals surface area contributed by atoms with Crippen LogP contribution in [0.3, 0.4) is 0 Å². The molecular weight excluding hydrogens is 370 g/mol. The summed E-state index contributed by atoms with van der Waals surface area (Å²) in [5, 5.41) is 8.31. The average Bonchev–Trinajstić information content (AvgIpc) is 2.95. The first-order valence-corrected chi connectivity index (χ1v) is 10.5. The lowest BCUT2D eigenvalue weighted by molar-refractivity contribution is -0.157. The number of hydrogen-bond acceptors (Lipinski definition) is 4. The van der Waals surface area contributed by atoms with Gasteiger partial charge in [0.05, 0.1) is 0 Å². The first kappa shape index (κ1) is 22.7. The molecule has 0 aromatic heterocycles. The topological polar surface area (TPSA) is 96.5 Å². The minimum absolute atomic E-state index is 0.141. The monoisotopic (exact) mass is 403 g/mol. The molecule has 1 aromatic rings. The maximum absolute atomic E-state index is 12.6. The summed E-state index contributed by atoms with van der Waals surface area (Å²) < 4.78 is 5.37. The Balaban J connectivity index is 1.87. The van der Waals surface area contributed by atoms with Crippen LogP contribution >= 0.6 is 0 Å². The molecule has 3 N–H and O–H groups in total. The minimum atomic E-state index is -0.911. The van der Waals surface area contributed by atoms with Crippen LogP contribution in [0.25, 0.3) is 0 Å². The van der Waals surface area contributed by atoms with Gasteiger partial charge in [-0.1, -0.05) is 57.7 Å². The van der Waals surface area contributed by atoms with Gasteiger partial charge in [-0.15, -0.1) is 0 Å². The van der Waals surface area contributed by atoms with Crippen LogP contribution in [-0.4, -0.2) is 36.1 Å². The number of anilines is 1. The van der Waals surface area contributed by atoms with E-state index in [4.69, 9.17) is 4.74 Å². The fourth-order valence-corrected chi connectivity index (χ4v) is 3.37. The fraction of sp³-hybridized carbons (Fsp3) is 0.591. The third-order valence-electron chi connectivity index (χ3n) is 5.10. The van der Waals surface area contributed by atoms with Gasteiger partial charge in [-0.2, -0.15) is 0 Å². The van der Waals surface area contributed by atoms with E-state index in [1.165, 1.54) is 12.8 Å². The summed E-state index contributed by atoms with van der Waals surface area (Å²) in [5.41, 5.74) is 0.622. The van der Waals surface area contributed by atoms with Crippen LogP contribution < -0.4 is 16.0 Å². The largest absolute Gasteiger partial charge is 0.451 e. The van der Waals surface area contributed by atoms with E-state index in [1.807, 2.05) is 19.9 Å². The van der Waals surface area contributed by atoms with E-state index in [0.717, 1.165) is 25.7 Å². The molecule has 0 unspecified atom stereocenters. The molecule has 1 aliphatic rings. The molecule has 2 rings (SSSR count). The van der Waals surface area contributed by atoms with Gasteiger partial charge >= 0.3 is 12.0 Å². The highest BCUT2D eigenvalue weighted by atomic mass is 16.5. The number of carbonyl (C=O) groups excluding carboxylic acids is 3. The number of carbonyl (C=O) groups is 3. The number of urea groups is 1. The Morgan fingerprint density at radius 1 is 0.966 bits per heavy atom. The van der Waals surface area contributed by atoms with Gasteiger partial charge in [0.2, 0.25) is 0 Å². The van der Waals surface area contributed by atoms with Crippen LogP contribution in [0.5, 0.6) is 0 Å². The summed E-state index contributed by atoms with van der Waals surface area (Å²) >= 11 is 0. The normalized spacial score (nSPS) is 17.0. The highest BCUT2D eigenvalue weighted by Gasteiger charge is 2.29. The second-order valence-electron chi connectivity index (χ2n) is 7.96. The van der Waals surface area contributed by atoms with Crippen molar-refractivity contribution in [3.63, 3.8) is 0 Å². The molecule has 2 atom stereocenters. The Morgan fingerprint density at radius 3 is 2.17 bits per heavy atom. The molecule has 0 saturated heterocycles. The summed E-state index contributed by atoms with van der Waals surface area (Å²) in [6.45, 7) is 5.18. The number of para-hydroxylation sites is 1. The highest BCUT2D eigenvalue weighted by Crippen LogP contribution is 2.17. The molecule has 29 heavy (non-hydrogen) atoms. The van der Waals surface area contributed by atoms with Crippen LogP contribution in [0, 0.1) is 5.92 Å². The number of esters is 1. The van der Waals surface area contributed by atoms with Crippen LogP contribution in [0.2, 0.25) is 0 Å². The van der Waals surface area contributed by atoms with E-state index in [2.05, 4.69) is 16.0 Å². The SMILES string of the molecule is CC(C)[C@@H](NC(=O)Nc1ccccc1)C(=O)O[C@H](C)C(=O)NC1CCCCCC1. The second-order valence-corrected chi connectivity index (χ2v) is 7.96. The number of amides is 3. The highest BCUT2D eigenvalue weighted by molar-refractivity contribution is 5.93. The van der Waals surface area contributed by atoms with Gasteiger partial charge in [0.25, 0.3) is 5.91 Å². The summed E-state index contributed by atoms with van der Waals surface area (Å²) in [6, 6.07) is 7.75. The predicted octanol–water partition coefficient (Wildman–Crippen LogP) is 3.60. The lowest BCUT2D eigenvalue weighted by Crippen LogP contribution is -2.49. The van der Waals surface area contributed by atoms with E-state index in [-0.39, 0.29) is 17.9 Å². The maximum Gasteiger partial charge on any atom is 0.329 e. The quantitative estimate of drug-likeness (QED) is 0.479. The molecular formula is C22H33N3O4. The van der Waals surface area contributed by atoms with Crippen molar-refractivity contribution in [3.8, 4) is 0 Å². The molecule has 1 aromatic carbocycles. The molecule has 3 amide bonds. The molecule has 0 aliphatic heterocycles. The molecule has 1 aliphatic carbocycles. The first-order valence-electron chi connectivity index (χ1n) is 10.5. The van der Waals surface area contributed by atoms with Crippen molar-refractivity contribution in [2.24, 2.45) is 5.92 Å². The summed E-state index contributed by atoms with van der Waals surface area (Å²) in [7, 11) is 0. The molecule has 1 saturated carbocycles. The number of nitrogens with one attached hydrogen (secondary N) is 3. The molecule has 7 heteroatoms. The fourth-order valence-electron chi connectivity index (χ4n) is 3.37.